The number of hydrogen-bond acceptors (Lipinski definition) is 2. The fraction of sp³-hybridized carbons (Fsp3) is 0.0588. The highest BCUT2D eigenvalue weighted by Gasteiger charge is 2.17. The van der Waals surface area contributed by atoms with Crippen LogP contribution < -0.4 is 5.32 Å². The van der Waals surface area contributed by atoms with E-state index in [-0.39, 0.29) is 5.70 Å². The molecule has 4 nitrogen and oxygen atoms in total. The molecule has 5 heteroatoms. The maximum absolute atomic E-state index is 12.1. The van der Waals surface area contributed by atoms with Crippen LogP contribution in [-0.4, -0.2) is 17.0 Å². The van der Waals surface area contributed by atoms with Crippen molar-refractivity contribution in [2.75, 3.05) is 0 Å². The van der Waals surface area contributed by atoms with Crippen molar-refractivity contribution < 1.29 is 14.7 Å². The first-order chi connectivity index (χ1) is 10.5. The van der Waals surface area contributed by atoms with E-state index in [1.807, 2.05) is 0 Å². The molecule has 0 bridgehead atoms. The second-order valence-electron chi connectivity index (χ2n) is 4.63. The molecule has 0 heterocycles. The number of halogens is 1. The lowest BCUT2D eigenvalue weighted by Crippen LogP contribution is -2.28. The zero-order chi connectivity index (χ0) is 16.1. The summed E-state index contributed by atoms with van der Waals surface area (Å²) in [6.07, 6.45) is 0. The first kappa shape index (κ1) is 15.8. The molecule has 0 aliphatic heterocycles. The molecule has 2 rings (SSSR count). The first-order valence-electron chi connectivity index (χ1n) is 6.55. The predicted molar refractivity (Wildman–Crippen MR) is 85.6 cm³/mol. The molecule has 22 heavy (non-hydrogen) atoms. The highest BCUT2D eigenvalue weighted by Crippen LogP contribution is 2.20. The van der Waals surface area contributed by atoms with Crippen molar-refractivity contribution in [2.45, 2.75) is 6.92 Å². The van der Waals surface area contributed by atoms with E-state index >= 15 is 0 Å². The van der Waals surface area contributed by atoms with Crippen molar-refractivity contribution >= 4 is 29.1 Å². The van der Waals surface area contributed by atoms with Gasteiger partial charge >= 0.3 is 5.97 Å². The maximum Gasteiger partial charge on any atom is 0.352 e. The average molecular weight is 316 g/mol. The summed E-state index contributed by atoms with van der Waals surface area (Å²) in [5.74, 6) is -1.66. The van der Waals surface area contributed by atoms with Crippen molar-refractivity contribution in [2.24, 2.45) is 0 Å². The molecular formula is C17H14ClNO3. The van der Waals surface area contributed by atoms with Gasteiger partial charge in [0.1, 0.15) is 5.70 Å². The van der Waals surface area contributed by atoms with E-state index < -0.39 is 11.9 Å². The van der Waals surface area contributed by atoms with Gasteiger partial charge in [-0.15, -0.1) is 0 Å². The zero-order valence-corrected chi connectivity index (χ0v) is 12.6. The van der Waals surface area contributed by atoms with Crippen LogP contribution in [0.15, 0.2) is 60.3 Å². The van der Waals surface area contributed by atoms with Gasteiger partial charge in [0.15, 0.2) is 0 Å². The second kappa shape index (κ2) is 6.91. The van der Waals surface area contributed by atoms with E-state index in [9.17, 15) is 14.7 Å². The van der Waals surface area contributed by atoms with Crippen LogP contribution in [-0.2, 0) is 4.79 Å². The molecule has 0 aliphatic carbocycles. The molecule has 0 unspecified atom stereocenters. The van der Waals surface area contributed by atoms with Crippen molar-refractivity contribution in [3.63, 3.8) is 0 Å². The molecular weight excluding hydrogens is 302 g/mol. The number of carboxylic acid groups (broad SMARTS) is 1. The molecule has 1 amide bonds. The van der Waals surface area contributed by atoms with Gasteiger partial charge in [-0.1, -0.05) is 41.9 Å². The van der Waals surface area contributed by atoms with Gasteiger partial charge in [0, 0.05) is 10.6 Å². The van der Waals surface area contributed by atoms with E-state index in [1.165, 1.54) is 0 Å². The Kier molecular flexibility index (Phi) is 4.96. The van der Waals surface area contributed by atoms with Crippen LogP contribution in [0.5, 0.6) is 0 Å². The summed E-state index contributed by atoms with van der Waals surface area (Å²) in [6, 6.07) is 15.2. The monoisotopic (exact) mass is 315 g/mol. The fourth-order valence-electron chi connectivity index (χ4n) is 1.93. The van der Waals surface area contributed by atoms with Gasteiger partial charge < -0.3 is 10.4 Å². The largest absolute Gasteiger partial charge is 0.477 e. The molecule has 0 saturated heterocycles. The number of rotatable bonds is 4. The third kappa shape index (κ3) is 3.74. The Balaban J connectivity index is 2.33. The van der Waals surface area contributed by atoms with Crippen LogP contribution in [0.2, 0.25) is 5.02 Å². The number of allylic oxidation sites excluding steroid dienone is 1. The van der Waals surface area contributed by atoms with Gasteiger partial charge in [-0.05, 0) is 42.3 Å². The number of carbonyl (C=O) groups excluding carboxylic acids is 1. The Morgan fingerprint density at radius 1 is 0.955 bits per heavy atom. The number of carbonyl (C=O) groups is 2. The van der Waals surface area contributed by atoms with Crippen molar-refractivity contribution in [3.05, 3.63) is 76.4 Å². The van der Waals surface area contributed by atoms with Crippen LogP contribution in [0.4, 0.5) is 0 Å². The lowest BCUT2D eigenvalue weighted by atomic mass is 10.0. The summed E-state index contributed by atoms with van der Waals surface area (Å²) in [5, 5.41) is 12.4. The summed E-state index contributed by atoms with van der Waals surface area (Å²) in [7, 11) is 0. The molecule has 0 aliphatic rings. The lowest BCUT2D eigenvalue weighted by Gasteiger charge is -2.11. The highest BCUT2D eigenvalue weighted by molar-refractivity contribution is 6.30. The van der Waals surface area contributed by atoms with Crippen molar-refractivity contribution in [1.29, 1.82) is 0 Å². The second-order valence-corrected chi connectivity index (χ2v) is 5.07. The molecule has 0 atom stereocenters. The van der Waals surface area contributed by atoms with Crippen LogP contribution in [0.25, 0.3) is 5.57 Å². The van der Waals surface area contributed by atoms with Crippen molar-refractivity contribution in [1.82, 2.24) is 5.32 Å². The molecule has 0 aromatic heterocycles. The predicted octanol–water partition coefficient (Wildman–Crippen LogP) is 3.59. The summed E-state index contributed by atoms with van der Waals surface area (Å²) in [4.78, 5) is 23.6. The van der Waals surface area contributed by atoms with E-state index in [0.717, 1.165) is 0 Å². The molecule has 2 aromatic rings. The minimum atomic E-state index is -1.20. The Bertz CT molecular complexity index is 721. The molecule has 2 aromatic carbocycles. The summed E-state index contributed by atoms with van der Waals surface area (Å²) >= 11 is 5.82. The number of amides is 1. The number of aliphatic carboxylic acids is 1. The molecule has 0 radical (unpaired) electrons. The minimum Gasteiger partial charge on any atom is -0.477 e. The highest BCUT2D eigenvalue weighted by atomic mass is 35.5. The van der Waals surface area contributed by atoms with Crippen LogP contribution in [0, 0.1) is 0 Å². The summed E-state index contributed by atoms with van der Waals surface area (Å²) < 4.78 is 0. The number of hydrogen-bond donors (Lipinski definition) is 2. The number of nitrogens with one attached hydrogen (secondary N) is 1. The van der Waals surface area contributed by atoms with Gasteiger partial charge in [-0.3, -0.25) is 4.79 Å². The summed E-state index contributed by atoms with van der Waals surface area (Å²) in [5.41, 5.74) is 1.37. The minimum absolute atomic E-state index is 0.156. The zero-order valence-electron chi connectivity index (χ0n) is 11.8. The standard InChI is InChI=1S/C17H14ClNO3/c1-11(12-7-9-14(18)10-8-12)15(17(21)22)19-16(20)13-5-3-2-4-6-13/h2-10H,1H3,(H,19,20)(H,21,22)/b15-11+. The first-order valence-corrected chi connectivity index (χ1v) is 6.93. The van der Waals surface area contributed by atoms with E-state index in [0.29, 0.717) is 21.7 Å². The van der Waals surface area contributed by atoms with E-state index in [2.05, 4.69) is 5.32 Å². The topological polar surface area (TPSA) is 66.4 Å². The van der Waals surface area contributed by atoms with Gasteiger partial charge in [0.25, 0.3) is 5.91 Å². The molecule has 0 fully saturated rings. The van der Waals surface area contributed by atoms with Gasteiger partial charge in [0.2, 0.25) is 0 Å². The normalized spacial score (nSPS) is 11.5. The fourth-order valence-corrected chi connectivity index (χ4v) is 2.05. The quantitative estimate of drug-likeness (QED) is 0.847. The number of benzene rings is 2. The van der Waals surface area contributed by atoms with Crippen LogP contribution in [0.1, 0.15) is 22.8 Å². The summed E-state index contributed by atoms with van der Waals surface area (Å²) in [6.45, 7) is 1.64. The third-order valence-electron chi connectivity index (χ3n) is 3.14. The Hall–Kier alpha value is -2.59. The number of carboxylic acids is 1. The maximum atomic E-state index is 12.1. The Labute approximate surface area is 133 Å². The van der Waals surface area contributed by atoms with Crippen LogP contribution in [0.3, 0.4) is 0 Å². The van der Waals surface area contributed by atoms with Gasteiger partial charge in [-0.25, -0.2) is 4.79 Å². The molecule has 112 valence electrons. The smallest absolute Gasteiger partial charge is 0.352 e. The molecule has 2 N–H and O–H groups in total. The van der Waals surface area contributed by atoms with Crippen LogP contribution >= 0.6 is 11.6 Å². The Morgan fingerprint density at radius 2 is 1.55 bits per heavy atom. The van der Waals surface area contributed by atoms with Gasteiger partial charge in [0.05, 0.1) is 0 Å². The van der Waals surface area contributed by atoms with Crippen molar-refractivity contribution in [3.8, 4) is 0 Å². The van der Waals surface area contributed by atoms with E-state index in [1.54, 1.807) is 61.5 Å². The molecule has 0 saturated carbocycles. The van der Waals surface area contributed by atoms with E-state index in [4.69, 9.17) is 11.6 Å². The average Bonchev–Trinajstić information content (AvgIpc) is 2.53. The molecule has 0 spiro atoms. The third-order valence-corrected chi connectivity index (χ3v) is 3.39. The SMILES string of the molecule is C/C(=C(\NC(=O)c1ccccc1)C(=O)O)c1ccc(Cl)cc1. The lowest BCUT2D eigenvalue weighted by molar-refractivity contribution is -0.132. The Morgan fingerprint density at radius 3 is 2.09 bits per heavy atom. The van der Waals surface area contributed by atoms with Gasteiger partial charge in [-0.2, -0.15) is 0 Å².